The van der Waals surface area contributed by atoms with E-state index >= 15 is 0 Å². The molecule has 1 aliphatic carbocycles. The van der Waals surface area contributed by atoms with Gasteiger partial charge < -0.3 is 25.2 Å². The minimum absolute atomic E-state index is 0.0718. The van der Waals surface area contributed by atoms with Crippen molar-refractivity contribution in [1.29, 1.82) is 0 Å². The largest absolute Gasteiger partial charge is 0.466 e. The normalized spacial score (nSPS) is 25.5. The highest BCUT2D eigenvalue weighted by Crippen LogP contribution is 2.32. The fraction of sp³-hybridized carbons (Fsp3) is 0.464. The molecular formula is C28H35N5O3. The molecule has 2 fully saturated rings. The molecule has 2 aromatic carbocycles. The number of nitrogens with one attached hydrogen (secondary N) is 2. The van der Waals surface area contributed by atoms with Gasteiger partial charge in [-0.25, -0.2) is 0 Å². The molecule has 1 saturated heterocycles. The molecular weight excluding hydrogens is 454 g/mol. The Balaban J connectivity index is 1.22. The van der Waals surface area contributed by atoms with Gasteiger partial charge in [-0.2, -0.15) is 0 Å². The number of piperidine rings is 1. The van der Waals surface area contributed by atoms with Gasteiger partial charge in [0.1, 0.15) is 0 Å². The maximum atomic E-state index is 13.1. The summed E-state index contributed by atoms with van der Waals surface area (Å²) in [5.74, 6) is 0.121. The van der Waals surface area contributed by atoms with Crippen LogP contribution in [0.25, 0.3) is 0 Å². The lowest BCUT2D eigenvalue weighted by atomic mass is 9.80. The fourth-order valence-corrected chi connectivity index (χ4v) is 5.42. The second-order valence-corrected chi connectivity index (χ2v) is 9.87. The molecule has 2 aromatic rings. The Kier molecular flexibility index (Phi) is 7.23. The van der Waals surface area contributed by atoms with Crippen LogP contribution in [0.4, 0.5) is 11.4 Å². The van der Waals surface area contributed by atoms with Crippen molar-refractivity contribution in [2.45, 2.75) is 50.9 Å². The third-order valence-corrected chi connectivity index (χ3v) is 7.55. The molecule has 2 bridgehead atoms. The van der Waals surface area contributed by atoms with Gasteiger partial charge in [0.2, 0.25) is 0 Å². The van der Waals surface area contributed by atoms with Gasteiger partial charge in [0.05, 0.1) is 30.7 Å². The number of amidine groups is 1. The number of aliphatic imine (C=N–C) groups is 1. The molecule has 4 atom stereocenters. The van der Waals surface area contributed by atoms with Crippen molar-refractivity contribution < 1.29 is 14.3 Å². The number of benzene rings is 2. The Hall–Kier alpha value is -3.39. The van der Waals surface area contributed by atoms with E-state index in [1.54, 1.807) is 0 Å². The molecule has 1 saturated carbocycles. The van der Waals surface area contributed by atoms with Crippen molar-refractivity contribution in [3.05, 3.63) is 60.2 Å². The Morgan fingerprint density at radius 2 is 1.92 bits per heavy atom. The second kappa shape index (κ2) is 10.7. The van der Waals surface area contributed by atoms with Crippen LogP contribution in [0, 0.1) is 5.92 Å². The summed E-state index contributed by atoms with van der Waals surface area (Å²) in [6, 6.07) is 18.7. The lowest BCUT2D eigenvalue weighted by Crippen LogP contribution is -2.63. The van der Waals surface area contributed by atoms with Crippen LogP contribution < -0.4 is 15.5 Å². The summed E-state index contributed by atoms with van der Waals surface area (Å²) in [5.41, 5.74) is 3.11. The van der Waals surface area contributed by atoms with Gasteiger partial charge in [0, 0.05) is 38.1 Å². The maximum Gasteiger partial charge on any atom is 0.310 e. The topological polar surface area (TPSA) is 86.3 Å². The van der Waals surface area contributed by atoms with Crippen molar-refractivity contribution in [2.75, 3.05) is 37.0 Å². The number of amides is 1. The number of nitrogens with zero attached hydrogens (tertiary/aromatic N) is 3. The number of hydrogen-bond acceptors (Lipinski definition) is 7. The monoisotopic (exact) mass is 489 g/mol. The molecule has 2 aliphatic heterocycles. The molecule has 0 radical (unpaired) electrons. The number of carbonyl (C=O) groups excluding carboxylic acids is 2. The Labute approximate surface area is 212 Å². The number of anilines is 2. The molecule has 8 heteroatoms. The van der Waals surface area contributed by atoms with Crippen LogP contribution in [-0.4, -0.2) is 67.5 Å². The summed E-state index contributed by atoms with van der Waals surface area (Å²) in [4.78, 5) is 34.2. The van der Waals surface area contributed by atoms with Crippen LogP contribution >= 0.6 is 0 Å². The van der Waals surface area contributed by atoms with Crippen LogP contribution in [0.15, 0.2) is 59.6 Å². The highest BCUT2D eigenvalue weighted by molar-refractivity contribution is 6.42. The number of esters is 1. The summed E-state index contributed by atoms with van der Waals surface area (Å²) in [6.07, 6.45) is 2.70. The standard InChI is InChI=1S/C28H35N5O3/c1-3-36-28(35)20-10-7-15-33(18-20)22-13-11-21(12-14-22)30-26-27(34)32(2)24-16-23(31-26)25(24)29-17-19-8-5-4-6-9-19/h4-6,8-9,11-14,20,23-25,29H,3,7,10,15-18H2,1-2H3,(H,30,31). The molecule has 190 valence electrons. The Morgan fingerprint density at radius 1 is 1.14 bits per heavy atom. The van der Waals surface area contributed by atoms with E-state index in [9.17, 15) is 9.59 Å². The molecule has 3 aliphatic rings. The summed E-state index contributed by atoms with van der Waals surface area (Å²) in [5, 5.41) is 6.87. The van der Waals surface area contributed by atoms with Crippen molar-refractivity contribution in [3.8, 4) is 0 Å². The van der Waals surface area contributed by atoms with Crippen LogP contribution in [-0.2, 0) is 20.9 Å². The summed E-state index contributed by atoms with van der Waals surface area (Å²) < 4.78 is 5.23. The quantitative estimate of drug-likeness (QED) is 0.582. The molecule has 4 unspecified atom stereocenters. The van der Waals surface area contributed by atoms with Crippen LogP contribution in [0.3, 0.4) is 0 Å². The van der Waals surface area contributed by atoms with E-state index in [-0.39, 0.29) is 35.9 Å². The number of ether oxygens (including phenoxy) is 1. The van der Waals surface area contributed by atoms with Crippen LogP contribution in [0.2, 0.25) is 0 Å². The summed E-state index contributed by atoms with van der Waals surface area (Å²) >= 11 is 0. The van der Waals surface area contributed by atoms with Gasteiger partial charge in [-0.3, -0.25) is 14.6 Å². The number of hydrogen-bond donors (Lipinski definition) is 2. The van der Waals surface area contributed by atoms with E-state index in [0.717, 1.165) is 43.7 Å². The van der Waals surface area contributed by atoms with Crippen molar-refractivity contribution in [2.24, 2.45) is 10.9 Å². The number of fused-ring (bicyclic) bond motifs is 2. The molecule has 5 rings (SSSR count). The molecule has 1 amide bonds. The average molecular weight is 490 g/mol. The van der Waals surface area contributed by atoms with E-state index in [4.69, 9.17) is 9.73 Å². The van der Waals surface area contributed by atoms with E-state index in [1.165, 1.54) is 5.56 Å². The van der Waals surface area contributed by atoms with Gasteiger partial charge >= 0.3 is 5.97 Å². The minimum Gasteiger partial charge on any atom is -0.466 e. The molecule has 8 nitrogen and oxygen atoms in total. The highest BCUT2D eigenvalue weighted by Gasteiger charge is 2.48. The maximum absolute atomic E-state index is 13.1. The average Bonchev–Trinajstić information content (AvgIpc) is 3.08. The Bertz CT molecular complexity index is 1100. The van der Waals surface area contributed by atoms with Crippen molar-refractivity contribution in [3.63, 3.8) is 0 Å². The first-order valence-electron chi connectivity index (χ1n) is 12.9. The minimum atomic E-state index is -0.107. The Morgan fingerprint density at radius 3 is 2.67 bits per heavy atom. The molecule has 0 spiro atoms. The molecule has 2 heterocycles. The fourth-order valence-electron chi connectivity index (χ4n) is 5.42. The van der Waals surface area contributed by atoms with Gasteiger partial charge in [-0.05, 0) is 56.0 Å². The van der Waals surface area contributed by atoms with E-state index in [1.807, 2.05) is 61.3 Å². The zero-order valence-corrected chi connectivity index (χ0v) is 21.0. The highest BCUT2D eigenvalue weighted by atomic mass is 16.5. The summed E-state index contributed by atoms with van der Waals surface area (Å²) in [7, 11) is 1.86. The van der Waals surface area contributed by atoms with Crippen LogP contribution in [0.5, 0.6) is 0 Å². The number of likely N-dealkylation sites (N-methyl/N-ethyl adjacent to an activating group) is 1. The first-order chi connectivity index (χ1) is 17.5. The molecule has 2 N–H and O–H groups in total. The van der Waals surface area contributed by atoms with E-state index in [2.05, 4.69) is 27.7 Å². The zero-order chi connectivity index (χ0) is 25.1. The smallest absolute Gasteiger partial charge is 0.310 e. The van der Waals surface area contributed by atoms with E-state index < -0.39 is 0 Å². The third-order valence-electron chi connectivity index (χ3n) is 7.55. The van der Waals surface area contributed by atoms with Gasteiger partial charge in [0.25, 0.3) is 5.91 Å². The number of carbonyl (C=O) groups is 2. The lowest BCUT2D eigenvalue weighted by Gasteiger charge is -2.45. The molecule has 36 heavy (non-hydrogen) atoms. The van der Waals surface area contributed by atoms with E-state index in [0.29, 0.717) is 19.0 Å². The number of rotatable bonds is 7. The SMILES string of the molecule is CCOC(=O)C1CCCN(c2ccc(NC3=NC4CC(C4NCc4ccccc4)N(C)C3=O)cc2)C1. The first kappa shape index (κ1) is 24.3. The zero-order valence-electron chi connectivity index (χ0n) is 21.0. The van der Waals surface area contributed by atoms with Crippen molar-refractivity contribution >= 4 is 29.1 Å². The predicted molar refractivity (Wildman–Crippen MR) is 141 cm³/mol. The summed E-state index contributed by atoms with van der Waals surface area (Å²) in [6.45, 7) is 4.60. The van der Waals surface area contributed by atoms with Crippen LogP contribution in [0.1, 0.15) is 31.7 Å². The lowest BCUT2D eigenvalue weighted by molar-refractivity contribution is -0.148. The van der Waals surface area contributed by atoms with Gasteiger partial charge in [-0.15, -0.1) is 0 Å². The molecule has 0 aromatic heterocycles. The predicted octanol–water partition coefficient (Wildman–Crippen LogP) is 3.05. The third kappa shape index (κ3) is 5.09. The van der Waals surface area contributed by atoms with Gasteiger partial charge in [-0.1, -0.05) is 30.3 Å². The van der Waals surface area contributed by atoms with Crippen molar-refractivity contribution in [1.82, 2.24) is 10.2 Å². The first-order valence-corrected chi connectivity index (χ1v) is 12.9. The second-order valence-electron chi connectivity index (χ2n) is 9.87. The van der Waals surface area contributed by atoms with Gasteiger partial charge in [0.15, 0.2) is 5.84 Å².